The average Bonchev–Trinajstić information content (AvgIpc) is 2.21. The molecule has 5 heteroatoms. The minimum absolute atomic E-state index is 0.478. The number of hydrogen-bond acceptors (Lipinski definition) is 4. The predicted molar refractivity (Wildman–Crippen MR) is 49.6 cm³/mol. The Hall–Kier alpha value is -2.04. The summed E-state index contributed by atoms with van der Waals surface area (Å²) >= 11 is 0. The highest BCUT2D eigenvalue weighted by Gasteiger charge is 2.00. The molecule has 0 aliphatic carbocycles. The average molecular weight is 190 g/mol. The molecule has 0 aliphatic heterocycles. The molecule has 14 heavy (non-hydrogen) atoms. The highest BCUT2D eigenvalue weighted by molar-refractivity contribution is 5.53. The Morgan fingerprint density at radius 2 is 1.71 bits per heavy atom. The van der Waals surface area contributed by atoms with Gasteiger partial charge in [0.15, 0.2) is 5.82 Å². The van der Waals surface area contributed by atoms with Crippen molar-refractivity contribution in [2.75, 3.05) is 5.73 Å². The molecule has 2 N–H and O–H groups in total. The van der Waals surface area contributed by atoms with Crippen molar-refractivity contribution >= 4 is 5.69 Å². The van der Waals surface area contributed by atoms with E-state index in [0.717, 1.165) is 0 Å². The Kier molecular flexibility index (Phi) is 2.06. The first-order chi connectivity index (χ1) is 6.75. The first kappa shape index (κ1) is 8.55. The van der Waals surface area contributed by atoms with Crippen molar-refractivity contribution in [3.63, 3.8) is 0 Å². The van der Waals surface area contributed by atoms with Gasteiger partial charge in [0.1, 0.15) is 0 Å². The summed E-state index contributed by atoms with van der Waals surface area (Å²) in [5, 5.41) is 0. The molecule has 2 heterocycles. The molecule has 0 atom stereocenters. The largest absolute Gasteiger partial charge is 0.396 e. The van der Waals surface area contributed by atoms with Gasteiger partial charge < -0.3 is 5.73 Å². The van der Waals surface area contributed by atoms with E-state index in [1.807, 2.05) is 0 Å². The number of nitrogens with two attached hydrogens (primary N) is 1. The normalized spacial score (nSPS) is 10.1. The third-order valence-electron chi connectivity index (χ3n) is 1.66. The van der Waals surface area contributed by atoms with Crippen LogP contribution in [0.3, 0.4) is 0 Å². The summed E-state index contributed by atoms with van der Waals surface area (Å²) < 4.78 is 12.5. The highest BCUT2D eigenvalue weighted by Crippen LogP contribution is 2.13. The Bertz CT molecular complexity index is 380. The summed E-state index contributed by atoms with van der Waals surface area (Å²) in [6, 6.07) is 2.82. The van der Waals surface area contributed by atoms with E-state index in [-0.39, 0.29) is 0 Å². The number of halogens is 1. The van der Waals surface area contributed by atoms with Gasteiger partial charge in [-0.3, -0.25) is 0 Å². The highest BCUT2D eigenvalue weighted by atomic mass is 19.1. The van der Waals surface area contributed by atoms with E-state index in [0.29, 0.717) is 17.1 Å². The number of anilines is 1. The van der Waals surface area contributed by atoms with Crippen LogP contribution in [0.5, 0.6) is 0 Å². The van der Waals surface area contributed by atoms with Crippen LogP contribution < -0.4 is 5.73 Å². The molecular formula is C9H7FN4. The van der Waals surface area contributed by atoms with Crippen molar-refractivity contribution in [3.05, 3.63) is 36.7 Å². The van der Waals surface area contributed by atoms with E-state index < -0.39 is 5.95 Å². The smallest absolute Gasteiger partial charge is 0.212 e. The molecule has 0 radical (unpaired) electrons. The van der Waals surface area contributed by atoms with Crippen LogP contribution in [0.25, 0.3) is 11.4 Å². The number of pyridine rings is 1. The van der Waals surface area contributed by atoms with Gasteiger partial charge in [-0.05, 0) is 12.1 Å². The standard InChI is InChI=1S/C9H7FN4/c10-8-2-1-6(3-12-8)9-13-4-7(11)5-14-9/h1-5H,11H2. The first-order valence-corrected chi connectivity index (χ1v) is 3.95. The molecule has 70 valence electrons. The van der Waals surface area contributed by atoms with Gasteiger partial charge in [0.05, 0.1) is 18.1 Å². The summed E-state index contributed by atoms with van der Waals surface area (Å²) in [6.07, 6.45) is 4.36. The molecule has 0 saturated carbocycles. The van der Waals surface area contributed by atoms with Crippen LogP contribution in [0.1, 0.15) is 0 Å². The lowest BCUT2D eigenvalue weighted by Crippen LogP contribution is -1.93. The van der Waals surface area contributed by atoms with Crippen LogP contribution >= 0.6 is 0 Å². The minimum Gasteiger partial charge on any atom is -0.396 e. The van der Waals surface area contributed by atoms with Crippen LogP contribution in [0.15, 0.2) is 30.7 Å². The number of aromatic nitrogens is 3. The van der Waals surface area contributed by atoms with Gasteiger partial charge in [-0.1, -0.05) is 0 Å². The Labute approximate surface area is 79.7 Å². The summed E-state index contributed by atoms with van der Waals surface area (Å²) in [7, 11) is 0. The monoisotopic (exact) mass is 190 g/mol. The van der Waals surface area contributed by atoms with E-state index in [2.05, 4.69) is 15.0 Å². The van der Waals surface area contributed by atoms with Gasteiger partial charge in [0, 0.05) is 11.8 Å². The van der Waals surface area contributed by atoms with Crippen molar-refractivity contribution in [1.29, 1.82) is 0 Å². The third-order valence-corrected chi connectivity index (χ3v) is 1.66. The molecule has 0 aliphatic rings. The van der Waals surface area contributed by atoms with Gasteiger partial charge in [-0.2, -0.15) is 4.39 Å². The van der Waals surface area contributed by atoms with Crippen LogP contribution in [0.2, 0.25) is 0 Å². The molecule has 2 aromatic rings. The lowest BCUT2D eigenvalue weighted by Gasteiger charge is -1.98. The number of nitrogens with zero attached hydrogens (tertiary/aromatic N) is 3. The molecule has 0 spiro atoms. The van der Waals surface area contributed by atoms with E-state index in [1.165, 1.54) is 24.7 Å². The second-order valence-corrected chi connectivity index (χ2v) is 2.71. The quantitative estimate of drug-likeness (QED) is 0.687. The van der Waals surface area contributed by atoms with Gasteiger partial charge in [0.2, 0.25) is 5.95 Å². The van der Waals surface area contributed by atoms with Crippen LogP contribution in [0.4, 0.5) is 10.1 Å². The van der Waals surface area contributed by atoms with E-state index >= 15 is 0 Å². The maximum Gasteiger partial charge on any atom is 0.212 e. The molecule has 0 amide bonds. The van der Waals surface area contributed by atoms with Crippen LogP contribution in [-0.4, -0.2) is 15.0 Å². The SMILES string of the molecule is Nc1cnc(-c2ccc(F)nc2)nc1. The summed E-state index contributed by atoms with van der Waals surface area (Å²) in [5.74, 6) is -0.0455. The maximum absolute atomic E-state index is 12.5. The first-order valence-electron chi connectivity index (χ1n) is 3.95. The van der Waals surface area contributed by atoms with Gasteiger partial charge in [-0.15, -0.1) is 0 Å². The molecule has 0 bridgehead atoms. The molecule has 0 saturated heterocycles. The van der Waals surface area contributed by atoms with Crippen LogP contribution in [0, 0.1) is 5.95 Å². The Morgan fingerprint density at radius 1 is 1.00 bits per heavy atom. The molecular weight excluding hydrogens is 183 g/mol. The second-order valence-electron chi connectivity index (χ2n) is 2.71. The molecule has 0 unspecified atom stereocenters. The molecule has 2 aromatic heterocycles. The number of nitrogen functional groups attached to an aromatic ring is 1. The zero-order chi connectivity index (χ0) is 9.97. The van der Waals surface area contributed by atoms with E-state index in [4.69, 9.17) is 5.73 Å². The Morgan fingerprint density at radius 3 is 2.29 bits per heavy atom. The minimum atomic E-state index is -0.524. The summed E-state index contributed by atoms with van der Waals surface area (Å²) in [6.45, 7) is 0. The fourth-order valence-corrected chi connectivity index (χ4v) is 0.995. The molecule has 0 aromatic carbocycles. The lowest BCUT2D eigenvalue weighted by atomic mass is 10.2. The topological polar surface area (TPSA) is 64.7 Å². The lowest BCUT2D eigenvalue weighted by molar-refractivity contribution is 0.584. The Balaban J connectivity index is 2.40. The summed E-state index contributed by atoms with van der Waals surface area (Å²) in [4.78, 5) is 11.5. The number of rotatable bonds is 1. The molecule has 2 rings (SSSR count). The van der Waals surface area contributed by atoms with Crippen molar-refractivity contribution in [2.45, 2.75) is 0 Å². The van der Waals surface area contributed by atoms with E-state index in [1.54, 1.807) is 6.07 Å². The molecule has 0 fully saturated rings. The fraction of sp³-hybridized carbons (Fsp3) is 0. The van der Waals surface area contributed by atoms with Crippen molar-refractivity contribution in [3.8, 4) is 11.4 Å². The fourth-order valence-electron chi connectivity index (χ4n) is 0.995. The zero-order valence-electron chi connectivity index (χ0n) is 7.18. The van der Waals surface area contributed by atoms with Crippen LogP contribution in [-0.2, 0) is 0 Å². The van der Waals surface area contributed by atoms with E-state index in [9.17, 15) is 4.39 Å². The predicted octanol–water partition coefficient (Wildman–Crippen LogP) is 1.26. The maximum atomic E-state index is 12.5. The third kappa shape index (κ3) is 1.66. The zero-order valence-corrected chi connectivity index (χ0v) is 7.18. The van der Waals surface area contributed by atoms with Crippen molar-refractivity contribution in [1.82, 2.24) is 15.0 Å². The van der Waals surface area contributed by atoms with Crippen molar-refractivity contribution in [2.24, 2.45) is 0 Å². The van der Waals surface area contributed by atoms with Gasteiger partial charge in [0.25, 0.3) is 0 Å². The van der Waals surface area contributed by atoms with Gasteiger partial charge >= 0.3 is 0 Å². The number of hydrogen-bond donors (Lipinski definition) is 1. The molecule has 4 nitrogen and oxygen atoms in total. The van der Waals surface area contributed by atoms with Gasteiger partial charge in [-0.25, -0.2) is 15.0 Å². The van der Waals surface area contributed by atoms with Crippen molar-refractivity contribution < 1.29 is 4.39 Å². The summed E-state index contributed by atoms with van der Waals surface area (Å²) in [5.41, 5.74) is 6.58. The second kappa shape index (κ2) is 3.37.